The Morgan fingerprint density at radius 1 is 1.15 bits per heavy atom. The summed E-state index contributed by atoms with van der Waals surface area (Å²) in [6.07, 6.45) is 0.0506. The summed E-state index contributed by atoms with van der Waals surface area (Å²) in [5.41, 5.74) is 2.05. The van der Waals surface area contributed by atoms with Gasteiger partial charge >= 0.3 is 0 Å². The SMILES string of the molecule is CC(C)Oc1ccc(-c2cc(COc3ccc(C#N)cc3)no2)cc1Cl. The van der Waals surface area contributed by atoms with Gasteiger partial charge < -0.3 is 14.0 Å². The number of halogens is 1. The van der Waals surface area contributed by atoms with E-state index >= 15 is 0 Å². The Labute approximate surface area is 156 Å². The maximum Gasteiger partial charge on any atom is 0.167 e. The summed E-state index contributed by atoms with van der Waals surface area (Å²) in [5, 5.41) is 13.3. The first kappa shape index (κ1) is 17.8. The van der Waals surface area contributed by atoms with Gasteiger partial charge in [-0.15, -0.1) is 0 Å². The monoisotopic (exact) mass is 368 g/mol. The number of hydrogen-bond donors (Lipinski definition) is 0. The molecule has 0 amide bonds. The van der Waals surface area contributed by atoms with Crippen LogP contribution in [0.4, 0.5) is 0 Å². The van der Waals surface area contributed by atoms with Crippen LogP contribution < -0.4 is 9.47 Å². The van der Waals surface area contributed by atoms with Crippen LogP contribution in [0.5, 0.6) is 11.5 Å². The average molecular weight is 369 g/mol. The molecular formula is C20H17ClN2O3. The normalized spacial score (nSPS) is 10.6. The number of hydrogen-bond acceptors (Lipinski definition) is 5. The van der Waals surface area contributed by atoms with Crippen molar-refractivity contribution in [2.75, 3.05) is 0 Å². The van der Waals surface area contributed by atoms with Crippen molar-refractivity contribution in [2.24, 2.45) is 0 Å². The lowest BCUT2D eigenvalue weighted by Gasteiger charge is -2.11. The summed E-state index contributed by atoms with van der Waals surface area (Å²) in [4.78, 5) is 0. The molecule has 0 fully saturated rings. The lowest BCUT2D eigenvalue weighted by molar-refractivity contribution is 0.242. The second-order valence-corrected chi connectivity index (χ2v) is 6.33. The summed E-state index contributed by atoms with van der Waals surface area (Å²) >= 11 is 6.26. The maximum atomic E-state index is 8.80. The quantitative estimate of drug-likeness (QED) is 0.595. The van der Waals surface area contributed by atoms with Gasteiger partial charge in [-0.2, -0.15) is 5.26 Å². The number of ether oxygens (including phenoxy) is 2. The van der Waals surface area contributed by atoms with Crippen molar-refractivity contribution in [2.45, 2.75) is 26.6 Å². The Balaban J connectivity index is 1.67. The highest BCUT2D eigenvalue weighted by atomic mass is 35.5. The second-order valence-electron chi connectivity index (χ2n) is 5.92. The van der Waals surface area contributed by atoms with Crippen molar-refractivity contribution in [1.29, 1.82) is 5.26 Å². The number of rotatable bonds is 6. The minimum absolute atomic E-state index is 0.0506. The summed E-state index contributed by atoms with van der Waals surface area (Å²) in [5.74, 6) is 1.89. The Kier molecular flexibility index (Phi) is 5.45. The van der Waals surface area contributed by atoms with Gasteiger partial charge in [-0.25, -0.2) is 0 Å². The summed E-state index contributed by atoms with van der Waals surface area (Å²) in [6.45, 7) is 4.15. The number of nitriles is 1. The zero-order chi connectivity index (χ0) is 18.5. The van der Waals surface area contributed by atoms with Crippen molar-refractivity contribution < 1.29 is 14.0 Å². The van der Waals surface area contributed by atoms with Crippen molar-refractivity contribution >= 4 is 11.6 Å². The molecular weight excluding hydrogens is 352 g/mol. The minimum atomic E-state index is 0.0506. The fourth-order valence-corrected chi connectivity index (χ4v) is 2.53. The molecule has 0 saturated carbocycles. The Hall–Kier alpha value is -2.97. The summed E-state index contributed by atoms with van der Waals surface area (Å²) in [6, 6.07) is 16.2. The highest BCUT2D eigenvalue weighted by molar-refractivity contribution is 6.32. The van der Waals surface area contributed by atoms with Crippen molar-refractivity contribution in [3.63, 3.8) is 0 Å². The predicted molar refractivity (Wildman–Crippen MR) is 98.2 cm³/mol. The Morgan fingerprint density at radius 2 is 1.92 bits per heavy atom. The molecule has 3 rings (SSSR count). The van der Waals surface area contributed by atoms with Crippen LogP contribution in [-0.2, 0) is 6.61 Å². The van der Waals surface area contributed by atoms with Gasteiger partial charge in [0, 0.05) is 11.6 Å². The molecule has 132 valence electrons. The van der Waals surface area contributed by atoms with Gasteiger partial charge in [0.25, 0.3) is 0 Å². The first-order chi connectivity index (χ1) is 12.5. The fraction of sp³-hybridized carbons (Fsp3) is 0.200. The van der Waals surface area contributed by atoms with Gasteiger partial charge in [0.1, 0.15) is 23.8 Å². The van der Waals surface area contributed by atoms with Crippen molar-refractivity contribution in [1.82, 2.24) is 5.16 Å². The second kappa shape index (κ2) is 7.94. The van der Waals surface area contributed by atoms with Crippen LogP contribution in [0, 0.1) is 11.3 Å². The molecule has 3 aromatic rings. The van der Waals surface area contributed by atoms with E-state index in [1.54, 1.807) is 36.4 Å². The highest BCUT2D eigenvalue weighted by Crippen LogP contribution is 2.31. The van der Waals surface area contributed by atoms with E-state index in [0.717, 1.165) is 5.56 Å². The third-order valence-corrected chi connectivity index (χ3v) is 3.80. The molecule has 26 heavy (non-hydrogen) atoms. The van der Waals surface area contributed by atoms with E-state index in [-0.39, 0.29) is 12.7 Å². The van der Waals surface area contributed by atoms with E-state index in [2.05, 4.69) is 11.2 Å². The van der Waals surface area contributed by atoms with E-state index < -0.39 is 0 Å². The van der Waals surface area contributed by atoms with Crippen LogP contribution in [0.3, 0.4) is 0 Å². The standard InChI is InChI=1S/C20H17ClN2O3/c1-13(2)25-19-8-5-15(9-18(19)21)20-10-16(23-26-20)12-24-17-6-3-14(11-22)4-7-17/h3-10,13H,12H2,1-2H3. The molecule has 0 aliphatic heterocycles. The zero-order valence-electron chi connectivity index (χ0n) is 14.4. The van der Waals surface area contributed by atoms with E-state index in [9.17, 15) is 0 Å². The molecule has 5 nitrogen and oxygen atoms in total. The molecule has 0 unspecified atom stereocenters. The summed E-state index contributed by atoms with van der Waals surface area (Å²) < 4.78 is 16.7. The van der Waals surface area contributed by atoms with Crippen LogP contribution in [-0.4, -0.2) is 11.3 Å². The number of aromatic nitrogens is 1. The van der Waals surface area contributed by atoms with Gasteiger partial charge in [0.05, 0.1) is 22.8 Å². The lowest BCUT2D eigenvalue weighted by Crippen LogP contribution is -2.05. The van der Waals surface area contributed by atoms with Gasteiger partial charge in [-0.1, -0.05) is 16.8 Å². The van der Waals surface area contributed by atoms with Gasteiger partial charge in [-0.3, -0.25) is 0 Å². The molecule has 1 aromatic heterocycles. The molecule has 0 spiro atoms. The van der Waals surface area contributed by atoms with E-state index in [1.807, 2.05) is 26.0 Å². The van der Waals surface area contributed by atoms with Crippen LogP contribution in [0.1, 0.15) is 25.1 Å². The largest absolute Gasteiger partial charge is 0.489 e. The molecule has 6 heteroatoms. The molecule has 0 aliphatic rings. The number of benzene rings is 2. The maximum absolute atomic E-state index is 8.80. The lowest BCUT2D eigenvalue weighted by atomic mass is 10.1. The molecule has 0 bridgehead atoms. The van der Waals surface area contributed by atoms with Crippen molar-refractivity contribution in [3.8, 4) is 28.9 Å². The average Bonchev–Trinajstić information content (AvgIpc) is 3.11. The van der Waals surface area contributed by atoms with Gasteiger partial charge in [0.15, 0.2) is 5.76 Å². The predicted octanol–water partition coefficient (Wildman–Crippen LogP) is 5.23. The molecule has 0 aliphatic carbocycles. The van der Waals surface area contributed by atoms with Crippen molar-refractivity contribution in [3.05, 3.63) is 64.8 Å². The van der Waals surface area contributed by atoms with Gasteiger partial charge in [-0.05, 0) is 56.3 Å². The topological polar surface area (TPSA) is 68.3 Å². The van der Waals surface area contributed by atoms with Crippen LogP contribution in [0.2, 0.25) is 5.02 Å². The Bertz CT molecular complexity index is 927. The van der Waals surface area contributed by atoms with E-state index in [1.165, 1.54) is 0 Å². The molecule has 0 saturated heterocycles. The fourth-order valence-electron chi connectivity index (χ4n) is 2.30. The third-order valence-electron chi connectivity index (χ3n) is 3.51. The Morgan fingerprint density at radius 3 is 2.58 bits per heavy atom. The van der Waals surface area contributed by atoms with Crippen LogP contribution in [0.25, 0.3) is 11.3 Å². The van der Waals surface area contributed by atoms with E-state index in [0.29, 0.717) is 33.5 Å². The van der Waals surface area contributed by atoms with E-state index in [4.69, 9.17) is 30.9 Å². The molecule has 0 radical (unpaired) electrons. The smallest absolute Gasteiger partial charge is 0.167 e. The molecule has 1 heterocycles. The number of nitrogens with zero attached hydrogens (tertiary/aromatic N) is 2. The third kappa shape index (κ3) is 4.35. The molecule has 2 aromatic carbocycles. The first-order valence-electron chi connectivity index (χ1n) is 8.10. The molecule has 0 atom stereocenters. The van der Waals surface area contributed by atoms with Crippen LogP contribution in [0.15, 0.2) is 53.1 Å². The first-order valence-corrected chi connectivity index (χ1v) is 8.48. The van der Waals surface area contributed by atoms with Crippen LogP contribution >= 0.6 is 11.6 Å². The zero-order valence-corrected chi connectivity index (χ0v) is 15.2. The minimum Gasteiger partial charge on any atom is -0.489 e. The molecule has 0 N–H and O–H groups in total. The highest BCUT2D eigenvalue weighted by Gasteiger charge is 2.11. The summed E-state index contributed by atoms with van der Waals surface area (Å²) in [7, 11) is 0. The van der Waals surface area contributed by atoms with Gasteiger partial charge in [0.2, 0.25) is 0 Å².